The molecule has 55 heavy (non-hydrogen) atoms. The quantitative estimate of drug-likeness (QED) is 0.168. The first-order valence-corrected chi connectivity index (χ1v) is 19.1. The van der Waals surface area contributed by atoms with Gasteiger partial charge in [-0.3, -0.25) is 0 Å². The Morgan fingerprint density at radius 3 is 1.45 bits per heavy atom. The Bertz CT molecular complexity index is 3680. The van der Waals surface area contributed by atoms with Crippen LogP contribution in [0.3, 0.4) is 0 Å². The van der Waals surface area contributed by atoms with Crippen LogP contribution in [0.2, 0.25) is 0 Å². The Kier molecular flexibility index (Phi) is 5.69. The summed E-state index contributed by atoms with van der Waals surface area (Å²) in [6.07, 6.45) is 0. The largest absolute Gasteiger partial charge is 0.455 e. The number of benzene rings is 12. The minimum absolute atomic E-state index is 0.904. The lowest BCUT2D eigenvalue weighted by atomic mass is 9.85. The predicted octanol–water partition coefficient (Wildman–Crippen LogP) is 15.5. The number of fused-ring (bicyclic) bond motifs is 5. The molecule has 1 heterocycles. The van der Waals surface area contributed by atoms with Gasteiger partial charge in [-0.2, -0.15) is 0 Å². The fourth-order valence-corrected chi connectivity index (χ4v) is 9.89. The summed E-state index contributed by atoms with van der Waals surface area (Å²) in [5.74, 6) is 0. The van der Waals surface area contributed by atoms with E-state index in [1.807, 2.05) is 0 Å². The molecule has 0 saturated heterocycles. The molecular formula is C54H30O. The van der Waals surface area contributed by atoms with Crippen molar-refractivity contribution in [1.82, 2.24) is 0 Å². The molecule has 0 aliphatic heterocycles. The first kappa shape index (κ1) is 29.3. The van der Waals surface area contributed by atoms with Gasteiger partial charge >= 0.3 is 0 Å². The molecule has 0 spiro atoms. The third-order valence-corrected chi connectivity index (χ3v) is 12.3. The van der Waals surface area contributed by atoms with Crippen LogP contribution >= 0.6 is 0 Å². The maximum absolute atomic E-state index is 7.01. The van der Waals surface area contributed by atoms with E-state index in [2.05, 4.69) is 182 Å². The third-order valence-electron chi connectivity index (χ3n) is 12.3. The normalized spacial score (nSPS) is 12.4. The van der Waals surface area contributed by atoms with Crippen molar-refractivity contribution in [1.29, 1.82) is 0 Å². The highest BCUT2D eigenvalue weighted by Crippen LogP contribution is 2.48. The van der Waals surface area contributed by atoms with E-state index in [1.54, 1.807) is 0 Å². The molecule has 0 amide bonds. The van der Waals surface area contributed by atoms with Gasteiger partial charge in [0.1, 0.15) is 11.2 Å². The standard InChI is InChI=1S/C54H30O/c1-2-7-31(8-3-1)39-22-16-36-21-27-45-42(24-18-37-20-26-43(39)51(36)52(37)45)47-29-38(30-48-53(47)46-28-15-32-9-4-5-12-41(32)54(46)55-48)40-23-17-35-14-13-33-10-6-11-34-19-25-44(40)50(35)49(33)34/h1-30H. The highest BCUT2D eigenvalue weighted by atomic mass is 16.3. The summed E-state index contributed by atoms with van der Waals surface area (Å²) < 4.78 is 7.01. The van der Waals surface area contributed by atoms with Crippen molar-refractivity contribution in [2.45, 2.75) is 0 Å². The van der Waals surface area contributed by atoms with E-state index in [4.69, 9.17) is 4.42 Å². The Morgan fingerprint density at radius 2 is 0.745 bits per heavy atom. The second kappa shape index (κ2) is 10.7. The molecule has 1 aromatic heterocycles. The van der Waals surface area contributed by atoms with Gasteiger partial charge in [0.25, 0.3) is 0 Å². The van der Waals surface area contributed by atoms with Gasteiger partial charge in [0.2, 0.25) is 0 Å². The third kappa shape index (κ3) is 3.97. The molecule has 0 fully saturated rings. The van der Waals surface area contributed by atoms with Gasteiger partial charge in [-0.15, -0.1) is 0 Å². The van der Waals surface area contributed by atoms with E-state index < -0.39 is 0 Å². The fourth-order valence-electron chi connectivity index (χ4n) is 9.89. The lowest BCUT2D eigenvalue weighted by Gasteiger charge is -2.18. The number of hydrogen-bond donors (Lipinski definition) is 0. The van der Waals surface area contributed by atoms with Gasteiger partial charge < -0.3 is 4.42 Å². The number of furan rings is 1. The average molecular weight is 695 g/mol. The van der Waals surface area contributed by atoms with Gasteiger partial charge in [0.15, 0.2) is 0 Å². The van der Waals surface area contributed by atoms with Crippen LogP contribution < -0.4 is 0 Å². The van der Waals surface area contributed by atoms with Crippen molar-refractivity contribution in [2.24, 2.45) is 0 Å². The van der Waals surface area contributed by atoms with Crippen LogP contribution in [-0.2, 0) is 0 Å². The first-order chi connectivity index (χ1) is 27.3. The van der Waals surface area contributed by atoms with Crippen LogP contribution in [0.5, 0.6) is 0 Å². The van der Waals surface area contributed by atoms with Crippen molar-refractivity contribution >= 4 is 97.3 Å². The summed E-state index contributed by atoms with van der Waals surface area (Å²) in [5, 5.41) is 20.0. The molecule has 12 aromatic carbocycles. The first-order valence-electron chi connectivity index (χ1n) is 19.1. The summed E-state index contributed by atoms with van der Waals surface area (Å²) >= 11 is 0. The van der Waals surface area contributed by atoms with Gasteiger partial charge in [0, 0.05) is 16.2 Å². The zero-order chi connectivity index (χ0) is 35.8. The monoisotopic (exact) mass is 694 g/mol. The molecule has 0 N–H and O–H groups in total. The number of rotatable bonds is 3. The molecule has 252 valence electrons. The van der Waals surface area contributed by atoms with Gasteiger partial charge in [-0.1, -0.05) is 164 Å². The summed E-state index contributed by atoms with van der Waals surface area (Å²) in [5.41, 5.74) is 9.11. The molecule has 13 aromatic rings. The number of hydrogen-bond acceptors (Lipinski definition) is 1. The summed E-state index contributed by atoms with van der Waals surface area (Å²) in [4.78, 5) is 0. The summed E-state index contributed by atoms with van der Waals surface area (Å²) in [7, 11) is 0. The molecule has 0 unspecified atom stereocenters. The molecule has 0 radical (unpaired) electrons. The van der Waals surface area contributed by atoms with Crippen molar-refractivity contribution in [3.05, 3.63) is 182 Å². The summed E-state index contributed by atoms with van der Waals surface area (Å²) in [6, 6.07) is 67.4. The Morgan fingerprint density at radius 1 is 0.255 bits per heavy atom. The smallest absolute Gasteiger partial charge is 0.143 e. The molecule has 13 rings (SSSR count). The average Bonchev–Trinajstić information content (AvgIpc) is 3.64. The van der Waals surface area contributed by atoms with Crippen LogP contribution in [0.15, 0.2) is 186 Å². The van der Waals surface area contributed by atoms with E-state index in [1.165, 1.54) is 97.8 Å². The Balaban J connectivity index is 1.16. The van der Waals surface area contributed by atoms with Crippen molar-refractivity contribution in [3.63, 3.8) is 0 Å². The maximum Gasteiger partial charge on any atom is 0.143 e. The zero-order valence-corrected chi connectivity index (χ0v) is 29.7. The maximum atomic E-state index is 7.01. The summed E-state index contributed by atoms with van der Waals surface area (Å²) in [6.45, 7) is 0. The lowest BCUT2D eigenvalue weighted by molar-refractivity contribution is 0.673. The van der Waals surface area contributed by atoms with E-state index >= 15 is 0 Å². The lowest BCUT2D eigenvalue weighted by Crippen LogP contribution is -1.91. The topological polar surface area (TPSA) is 13.1 Å². The second-order valence-corrected chi connectivity index (χ2v) is 15.1. The van der Waals surface area contributed by atoms with E-state index in [0.29, 0.717) is 0 Å². The predicted molar refractivity (Wildman–Crippen MR) is 235 cm³/mol. The van der Waals surface area contributed by atoms with Gasteiger partial charge in [0.05, 0.1) is 0 Å². The highest BCUT2D eigenvalue weighted by Gasteiger charge is 2.22. The Labute approximate surface area is 315 Å². The minimum Gasteiger partial charge on any atom is -0.455 e. The zero-order valence-electron chi connectivity index (χ0n) is 29.7. The minimum atomic E-state index is 0.904. The van der Waals surface area contributed by atoms with Crippen LogP contribution in [0.1, 0.15) is 0 Å². The molecule has 0 aliphatic rings. The molecule has 0 bridgehead atoms. The van der Waals surface area contributed by atoms with Crippen molar-refractivity contribution in [2.75, 3.05) is 0 Å². The van der Waals surface area contributed by atoms with Crippen LogP contribution in [0, 0.1) is 0 Å². The van der Waals surface area contributed by atoms with E-state index in [-0.39, 0.29) is 0 Å². The SMILES string of the molecule is c1ccc(-c2ccc3ccc4c(-c5cc(-c6ccc7ccc8cccc9ccc6c7c89)cc6oc7c8ccccc8ccc7c56)ccc5ccc2c3c54)cc1. The van der Waals surface area contributed by atoms with Gasteiger partial charge in [-0.25, -0.2) is 0 Å². The molecule has 0 aliphatic carbocycles. The molecule has 0 atom stereocenters. The van der Waals surface area contributed by atoms with E-state index in [9.17, 15) is 0 Å². The molecular weight excluding hydrogens is 665 g/mol. The van der Waals surface area contributed by atoms with Crippen LogP contribution in [0.25, 0.3) is 131 Å². The van der Waals surface area contributed by atoms with Crippen LogP contribution in [-0.4, -0.2) is 0 Å². The van der Waals surface area contributed by atoms with Crippen LogP contribution in [0.4, 0.5) is 0 Å². The Hall–Kier alpha value is -7.22. The molecule has 1 nitrogen and oxygen atoms in total. The fraction of sp³-hybridized carbons (Fsp3) is 0. The molecule has 0 saturated carbocycles. The van der Waals surface area contributed by atoms with E-state index in [0.717, 1.165) is 32.9 Å². The van der Waals surface area contributed by atoms with Crippen molar-refractivity contribution < 1.29 is 4.42 Å². The molecule has 1 heteroatoms. The second-order valence-electron chi connectivity index (χ2n) is 15.1. The van der Waals surface area contributed by atoms with Gasteiger partial charge in [-0.05, 0) is 122 Å². The highest BCUT2D eigenvalue weighted by molar-refractivity contribution is 6.30. The van der Waals surface area contributed by atoms with Crippen molar-refractivity contribution in [3.8, 4) is 33.4 Å².